The number of anilines is 2. The van der Waals surface area contributed by atoms with Gasteiger partial charge in [0.2, 0.25) is 0 Å². The molecule has 2 rings (SSSR count). The molecule has 0 radical (unpaired) electrons. The number of benzene rings is 2. The maximum Gasteiger partial charge on any atom is 0.338 e. The molecule has 2 aromatic carbocycles. The zero-order chi connectivity index (χ0) is 17.2. The van der Waals surface area contributed by atoms with E-state index in [2.05, 4.69) is 4.74 Å². The fraction of sp³-hybridized carbons (Fsp3) is 0.176. The lowest BCUT2D eigenvalue weighted by Gasteiger charge is -2.00. The van der Waals surface area contributed by atoms with Crippen LogP contribution in [-0.4, -0.2) is 25.7 Å². The number of ether oxygens (including phenoxy) is 2. The summed E-state index contributed by atoms with van der Waals surface area (Å²) in [7, 11) is 1.35. The average molecular weight is 316 g/mol. The molecule has 0 fully saturated rings. The first-order chi connectivity index (χ1) is 11.0. The van der Waals surface area contributed by atoms with Crippen LogP contribution in [-0.2, 0) is 9.47 Å². The summed E-state index contributed by atoms with van der Waals surface area (Å²) in [6.45, 7) is 2.17. The number of methoxy groups -OCH3 is 1. The highest BCUT2D eigenvalue weighted by molar-refractivity contribution is 5.90. The number of hydrogen-bond donors (Lipinski definition) is 2. The number of carbonyl (C=O) groups excluding carboxylic acids is 2. The van der Waals surface area contributed by atoms with Crippen molar-refractivity contribution in [3.63, 3.8) is 0 Å². The molecule has 6 heteroatoms. The summed E-state index contributed by atoms with van der Waals surface area (Å²) < 4.78 is 9.28. The Kier molecular flexibility index (Phi) is 7.13. The van der Waals surface area contributed by atoms with E-state index >= 15 is 0 Å². The van der Waals surface area contributed by atoms with Gasteiger partial charge >= 0.3 is 11.9 Å². The quantitative estimate of drug-likeness (QED) is 0.666. The Hall–Kier alpha value is -3.02. The maximum atomic E-state index is 11.1. The third kappa shape index (κ3) is 6.09. The van der Waals surface area contributed by atoms with Gasteiger partial charge in [0.05, 0.1) is 24.8 Å². The van der Waals surface area contributed by atoms with E-state index < -0.39 is 0 Å². The molecule has 0 saturated heterocycles. The van der Waals surface area contributed by atoms with Gasteiger partial charge in [-0.15, -0.1) is 0 Å². The molecule has 0 amide bonds. The highest BCUT2D eigenvalue weighted by Crippen LogP contribution is 2.07. The number of esters is 2. The second-order valence-electron chi connectivity index (χ2n) is 4.46. The molecule has 0 spiro atoms. The number of hydrogen-bond acceptors (Lipinski definition) is 6. The molecule has 0 atom stereocenters. The summed E-state index contributed by atoms with van der Waals surface area (Å²) in [6.07, 6.45) is 0. The SMILES string of the molecule is CCOC(=O)c1ccc(N)cc1.COC(=O)c1ccc(N)cc1. The van der Waals surface area contributed by atoms with E-state index in [4.69, 9.17) is 16.2 Å². The molecule has 0 aliphatic rings. The van der Waals surface area contributed by atoms with Gasteiger partial charge in [-0.1, -0.05) is 0 Å². The van der Waals surface area contributed by atoms with Gasteiger partial charge in [0.25, 0.3) is 0 Å². The summed E-state index contributed by atoms with van der Waals surface area (Å²) in [5.41, 5.74) is 13.2. The minimum atomic E-state index is -0.343. The minimum absolute atomic E-state index is 0.308. The monoisotopic (exact) mass is 316 g/mol. The average Bonchev–Trinajstić information content (AvgIpc) is 2.56. The van der Waals surface area contributed by atoms with Gasteiger partial charge in [0.15, 0.2) is 0 Å². The molecule has 23 heavy (non-hydrogen) atoms. The molecule has 0 aromatic heterocycles. The second-order valence-corrected chi connectivity index (χ2v) is 4.46. The largest absolute Gasteiger partial charge is 0.465 e. The van der Waals surface area contributed by atoms with Crippen LogP contribution in [0.3, 0.4) is 0 Å². The topological polar surface area (TPSA) is 105 Å². The van der Waals surface area contributed by atoms with Crippen LogP contribution in [0.5, 0.6) is 0 Å². The Bertz CT molecular complexity index is 637. The molecule has 0 aliphatic heterocycles. The Morgan fingerprint density at radius 1 is 0.826 bits per heavy atom. The number of carbonyl (C=O) groups is 2. The first kappa shape index (κ1) is 18.0. The van der Waals surface area contributed by atoms with E-state index in [1.54, 1.807) is 55.5 Å². The summed E-state index contributed by atoms with van der Waals surface area (Å²) in [5, 5.41) is 0. The molecular formula is C17H20N2O4. The van der Waals surface area contributed by atoms with Crippen molar-refractivity contribution < 1.29 is 19.1 Å². The van der Waals surface area contributed by atoms with Gasteiger partial charge in [0, 0.05) is 11.4 Å². The third-order valence-corrected chi connectivity index (χ3v) is 2.75. The summed E-state index contributed by atoms with van der Waals surface area (Å²) in [4.78, 5) is 22.0. The molecular weight excluding hydrogens is 296 g/mol. The van der Waals surface area contributed by atoms with E-state index in [9.17, 15) is 9.59 Å². The molecule has 2 aromatic rings. The predicted octanol–water partition coefficient (Wildman–Crippen LogP) is 2.50. The van der Waals surface area contributed by atoms with Crippen molar-refractivity contribution >= 4 is 23.3 Å². The van der Waals surface area contributed by atoms with E-state index in [0.717, 1.165) is 0 Å². The van der Waals surface area contributed by atoms with Crippen LogP contribution in [0.1, 0.15) is 27.6 Å². The first-order valence-corrected chi connectivity index (χ1v) is 6.94. The second kappa shape index (κ2) is 9.09. The van der Waals surface area contributed by atoms with Crippen molar-refractivity contribution in [1.29, 1.82) is 0 Å². The van der Waals surface area contributed by atoms with Gasteiger partial charge in [-0.2, -0.15) is 0 Å². The van der Waals surface area contributed by atoms with Crippen LogP contribution < -0.4 is 11.5 Å². The van der Waals surface area contributed by atoms with Crippen LogP contribution in [0.15, 0.2) is 48.5 Å². The van der Waals surface area contributed by atoms with Gasteiger partial charge in [-0.3, -0.25) is 0 Å². The molecule has 122 valence electrons. The molecule has 4 N–H and O–H groups in total. The Labute approximate surface area is 135 Å². The molecule has 0 heterocycles. The highest BCUT2D eigenvalue weighted by atomic mass is 16.5. The molecule has 0 unspecified atom stereocenters. The van der Waals surface area contributed by atoms with Crippen LogP contribution in [0, 0.1) is 0 Å². The van der Waals surface area contributed by atoms with Crippen molar-refractivity contribution in [2.75, 3.05) is 25.2 Å². The molecule has 6 nitrogen and oxygen atoms in total. The lowest BCUT2D eigenvalue weighted by molar-refractivity contribution is 0.0525. The van der Waals surface area contributed by atoms with Crippen LogP contribution in [0.2, 0.25) is 0 Å². The first-order valence-electron chi connectivity index (χ1n) is 6.94. The van der Waals surface area contributed by atoms with E-state index in [0.29, 0.717) is 29.1 Å². The van der Waals surface area contributed by atoms with Crippen LogP contribution in [0.4, 0.5) is 11.4 Å². The lowest BCUT2D eigenvalue weighted by atomic mass is 10.2. The highest BCUT2D eigenvalue weighted by Gasteiger charge is 2.04. The molecule has 0 saturated carbocycles. The fourth-order valence-electron chi connectivity index (χ4n) is 1.57. The maximum absolute atomic E-state index is 11.1. The summed E-state index contributed by atoms with van der Waals surface area (Å²) in [5.74, 6) is -0.650. The third-order valence-electron chi connectivity index (χ3n) is 2.75. The van der Waals surface area contributed by atoms with Gasteiger partial charge in [-0.05, 0) is 55.5 Å². The normalized spacial score (nSPS) is 9.30. The standard InChI is InChI=1S/C9H11NO2.C8H9NO2/c1-2-12-9(11)7-3-5-8(10)6-4-7;1-11-8(10)6-2-4-7(9)5-3-6/h3-6H,2,10H2,1H3;2-5H,9H2,1H3. The van der Waals surface area contributed by atoms with E-state index in [1.165, 1.54) is 7.11 Å². The van der Waals surface area contributed by atoms with Crippen LogP contribution in [0.25, 0.3) is 0 Å². The Morgan fingerprint density at radius 2 is 1.22 bits per heavy atom. The van der Waals surface area contributed by atoms with Crippen LogP contribution >= 0.6 is 0 Å². The lowest BCUT2D eigenvalue weighted by Crippen LogP contribution is -2.04. The Balaban J connectivity index is 0.000000231. The number of nitrogen functional groups attached to an aromatic ring is 2. The van der Waals surface area contributed by atoms with Gasteiger partial charge in [-0.25, -0.2) is 9.59 Å². The van der Waals surface area contributed by atoms with Gasteiger partial charge in [0.1, 0.15) is 0 Å². The Morgan fingerprint density at radius 3 is 1.57 bits per heavy atom. The molecule has 0 bridgehead atoms. The van der Waals surface area contributed by atoms with Crippen molar-refractivity contribution in [3.8, 4) is 0 Å². The predicted molar refractivity (Wildman–Crippen MR) is 89.0 cm³/mol. The van der Waals surface area contributed by atoms with Crippen molar-refractivity contribution in [3.05, 3.63) is 59.7 Å². The number of rotatable bonds is 3. The van der Waals surface area contributed by atoms with Crippen molar-refractivity contribution in [2.45, 2.75) is 6.92 Å². The zero-order valence-corrected chi connectivity index (χ0v) is 13.1. The zero-order valence-electron chi connectivity index (χ0n) is 13.1. The molecule has 0 aliphatic carbocycles. The van der Waals surface area contributed by atoms with Gasteiger partial charge < -0.3 is 20.9 Å². The summed E-state index contributed by atoms with van der Waals surface area (Å²) in [6, 6.07) is 13.2. The summed E-state index contributed by atoms with van der Waals surface area (Å²) >= 11 is 0. The van der Waals surface area contributed by atoms with Crippen molar-refractivity contribution in [2.24, 2.45) is 0 Å². The number of nitrogens with two attached hydrogens (primary N) is 2. The fourth-order valence-corrected chi connectivity index (χ4v) is 1.57. The smallest absolute Gasteiger partial charge is 0.338 e. The minimum Gasteiger partial charge on any atom is -0.465 e. The van der Waals surface area contributed by atoms with E-state index in [-0.39, 0.29) is 11.9 Å². The van der Waals surface area contributed by atoms with E-state index in [1.807, 2.05) is 0 Å². The van der Waals surface area contributed by atoms with Crippen molar-refractivity contribution in [1.82, 2.24) is 0 Å².